The first-order valence-electron chi connectivity index (χ1n) is 6.45. The minimum absolute atomic E-state index is 0.0104. The highest BCUT2D eigenvalue weighted by Gasteiger charge is 2.73. The third-order valence-electron chi connectivity index (χ3n) is 5.52. The fourth-order valence-electron chi connectivity index (χ4n) is 4.98. The zero-order valence-electron chi connectivity index (χ0n) is 10.3. The lowest BCUT2D eigenvalue weighted by Crippen LogP contribution is -2.55. The van der Waals surface area contributed by atoms with E-state index in [1.165, 1.54) is 6.26 Å². The molecule has 1 N–H and O–H groups in total. The monoisotopic (exact) mass is 256 g/mol. The summed E-state index contributed by atoms with van der Waals surface area (Å²) in [5.41, 5.74) is -0.0253. The Kier molecular flexibility index (Phi) is 2.17. The third-order valence-corrected chi connectivity index (χ3v) is 7.69. The average Bonchev–Trinajstić information content (AvgIpc) is 2.60. The number of fused-ring (bicyclic) bond motifs is 5. The van der Waals surface area contributed by atoms with Crippen LogP contribution in [0.5, 0.6) is 0 Å². The molecule has 3 aliphatic rings. The second-order valence-electron chi connectivity index (χ2n) is 6.05. The molecule has 3 saturated carbocycles. The Morgan fingerprint density at radius 2 is 1.88 bits per heavy atom. The third kappa shape index (κ3) is 1.09. The fourth-order valence-corrected chi connectivity index (χ4v) is 7.16. The largest absolute Gasteiger partial charge is 0.388 e. The molecule has 17 heavy (non-hydrogen) atoms. The van der Waals surface area contributed by atoms with Gasteiger partial charge in [-0.3, -0.25) is 0 Å². The molecule has 0 aromatic heterocycles. The summed E-state index contributed by atoms with van der Waals surface area (Å²) >= 11 is 0. The van der Waals surface area contributed by atoms with E-state index in [4.69, 9.17) is 0 Å². The topological polar surface area (TPSA) is 54.4 Å². The van der Waals surface area contributed by atoms with E-state index in [2.05, 4.69) is 6.58 Å². The van der Waals surface area contributed by atoms with Gasteiger partial charge in [0.05, 0.1) is 5.60 Å². The van der Waals surface area contributed by atoms with Gasteiger partial charge in [-0.25, -0.2) is 8.42 Å². The lowest BCUT2D eigenvalue weighted by molar-refractivity contribution is -0.00484. The van der Waals surface area contributed by atoms with Crippen LogP contribution in [0.2, 0.25) is 0 Å². The quantitative estimate of drug-likeness (QED) is 0.726. The van der Waals surface area contributed by atoms with Crippen molar-refractivity contribution in [3.63, 3.8) is 0 Å². The lowest BCUT2D eigenvalue weighted by atomic mass is 9.80. The summed E-state index contributed by atoms with van der Waals surface area (Å²) < 4.78 is 23.7. The molecule has 0 saturated heterocycles. The van der Waals surface area contributed by atoms with Crippen LogP contribution in [0.25, 0.3) is 0 Å². The zero-order valence-corrected chi connectivity index (χ0v) is 11.1. The minimum atomic E-state index is -3.26. The van der Waals surface area contributed by atoms with Gasteiger partial charge in [0.2, 0.25) is 0 Å². The molecule has 96 valence electrons. The molecule has 4 unspecified atom stereocenters. The van der Waals surface area contributed by atoms with Crippen LogP contribution < -0.4 is 0 Å². The van der Waals surface area contributed by atoms with E-state index in [-0.39, 0.29) is 11.8 Å². The summed E-state index contributed by atoms with van der Waals surface area (Å²) in [5.74, 6) is 0.00206. The summed E-state index contributed by atoms with van der Waals surface area (Å²) in [4.78, 5) is 0. The number of aliphatic hydroxyl groups is 1. The van der Waals surface area contributed by atoms with Gasteiger partial charge in [0.1, 0.15) is 4.75 Å². The first-order chi connectivity index (χ1) is 7.84. The van der Waals surface area contributed by atoms with Gasteiger partial charge in [0.25, 0.3) is 0 Å². The molecule has 0 amide bonds. The van der Waals surface area contributed by atoms with Crippen LogP contribution in [0.3, 0.4) is 0 Å². The summed E-state index contributed by atoms with van der Waals surface area (Å²) in [5, 5.41) is 11.0. The van der Waals surface area contributed by atoms with Crippen molar-refractivity contribution in [2.75, 3.05) is 6.26 Å². The van der Waals surface area contributed by atoms with Crippen molar-refractivity contribution in [1.29, 1.82) is 0 Å². The Balaban J connectivity index is 2.27. The smallest absolute Gasteiger partial charge is 0.156 e. The summed E-state index contributed by atoms with van der Waals surface area (Å²) in [6, 6.07) is 0. The molecule has 3 fully saturated rings. The maximum absolute atomic E-state index is 12.3. The molecule has 3 nitrogen and oxygen atoms in total. The first kappa shape index (κ1) is 11.7. The average molecular weight is 256 g/mol. The van der Waals surface area contributed by atoms with Gasteiger partial charge in [0.15, 0.2) is 9.84 Å². The molecule has 3 rings (SSSR count). The van der Waals surface area contributed by atoms with E-state index < -0.39 is 20.2 Å². The maximum atomic E-state index is 12.3. The molecular weight excluding hydrogens is 236 g/mol. The van der Waals surface area contributed by atoms with Gasteiger partial charge >= 0.3 is 0 Å². The molecule has 0 aromatic carbocycles. The van der Waals surface area contributed by atoms with Crippen LogP contribution in [0.4, 0.5) is 0 Å². The summed E-state index contributed by atoms with van der Waals surface area (Å²) in [7, 11) is -3.26. The highest BCUT2D eigenvalue weighted by molar-refractivity contribution is 7.92. The second-order valence-corrected chi connectivity index (χ2v) is 8.32. The van der Waals surface area contributed by atoms with Crippen molar-refractivity contribution in [3.8, 4) is 0 Å². The van der Waals surface area contributed by atoms with E-state index in [0.29, 0.717) is 12.8 Å². The molecule has 0 aliphatic heterocycles. The van der Waals surface area contributed by atoms with Crippen LogP contribution in [-0.4, -0.2) is 30.1 Å². The molecule has 0 radical (unpaired) electrons. The van der Waals surface area contributed by atoms with E-state index >= 15 is 0 Å². The van der Waals surface area contributed by atoms with Crippen LogP contribution in [0.1, 0.15) is 38.5 Å². The summed E-state index contributed by atoms with van der Waals surface area (Å²) in [6.45, 7) is 4.10. The Labute approximate surface area is 103 Å². The van der Waals surface area contributed by atoms with Gasteiger partial charge in [-0.2, -0.15) is 0 Å². The Morgan fingerprint density at radius 1 is 1.24 bits per heavy atom. The van der Waals surface area contributed by atoms with Crippen molar-refractivity contribution in [3.05, 3.63) is 12.2 Å². The zero-order chi connectivity index (χ0) is 12.5. The number of sulfone groups is 1. The van der Waals surface area contributed by atoms with Crippen LogP contribution in [0.15, 0.2) is 12.2 Å². The van der Waals surface area contributed by atoms with Crippen molar-refractivity contribution in [1.82, 2.24) is 0 Å². The molecular formula is C13H20O3S. The van der Waals surface area contributed by atoms with Crippen LogP contribution in [0, 0.1) is 11.8 Å². The maximum Gasteiger partial charge on any atom is 0.156 e. The Hall–Kier alpha value is -0.350. The van der Waals surface area contributed by atoms with Crippen LogP contribution >= 0.6 is 0 Å². The van der Waals surface area contributed by atoms with Crippen LogP contribution in [-0.2, 0) is 9.84 Å². The molecule has 0 aromatic rings. The SMILES string of the molecule is C=C1C2CCCC1C1(S(C)(=O)=O)CCCC21O. The van der Waals surface area contributed by atoms with Crippen molar-refractivity contribution in [2.45, 2.75) is 48.9 Å². The minimum Gasteiger partial charge on any atom is -0.388 e. The molecule has 2 bridgehead atoms. The Bertz CT molecular complexity index is 481. The second kappa shape index (κ2) is 3.15. The molecule has 4 heteroatoms. The van der Waals surface area contributed by atoms with Gasteiger partial charge < -0.3 is 5.11 Å². The van der Waals surface area contributed by atoms with E-state index in [9.17, 15) is 13.5 Å². The predicted octanol–water partition coefficient (Wildman–Crippen LogP) is 1.67. The highest BCUT2D eigenvalue weighted by atomic mass is 32.2. The van der Waals surface area contributed by atoms with Crippen molar-refractivity contribution in [2.24, 2.45) is 11.8 Å². The van der Waals surface area contributed by atoms with Gasteiger partial charge in [-0.1, -0.05) is 18.6 Å². The lowest BCUT2D eigenvalue weighted by Gasteiger charge is -2.38. The fraction of sp³-hybridized carbons (Fsp3) is 0.846. The standard InChI is InChI=1S/C13H20O3S/c1-9-10-5-3-6-11(9)13(17(2,15)16)8-4-7-12(10,13)14/h10-11,14H,1,3-8H2,2H3. The normalized spacial score (nSPS) is 49.4. The molecule has 3 aliphatic carbocycles. The van der Waals surface area contributed by atoms with E-state index in [1.54, 1.807) is 0 Å². The van der Waals surface area contributed by atoms with E-state index in [0.717, 1.165) is 31.3 Å². The molecule has 4 atom stereocenters. The number of hydrogen-bond donors (Lipinski definition) is 1. The number of hydrogen-bond acceptors (Lipinski definition) is 3. The van der Waals surface area contributed by atoms with E-state index in [1.807, 2.05) is 0 Å². The van der Waals surface area contributed by atoms with Gasteiger partial charge in [-0.05, 0) is 32.1 Å². The van der Waals surface area contributed by atoms with Crippen molar-refractivity contribution < 1.29 is 13.5 Å². The van der Waals surface area contributed by atoms with Gasteiger partial charge in [-0.15, -0.1) is 0 Å². The predicted molar refractivity (Wildman–Crippen MR) is 66.3 cm³/mol. The Morgan fingerprint density at radius 3 is 2.53 bits per heavy atom. The summed E-state index contributed by atoms with van der Waals surface area (Å²) in [6.07, 6.45) is 6.17. The first-order valence-corrected chi connectivity index (χ1v) is 8.34. The molecule has 0 heterocycles. The number of rotatable bonds is 1. The highest BCUT2D eigenvalue weighted by Crippen LogP contribution is 2.66. The van der Waals surface area contributed by atoms with Crippen molar-refractivity contribution >= 4 is 9.84 Å². The molecule has 0 spiro atoms. The van der Waals surface area contributed by atoms with Gasteiger partial charge in [0, 0.05) is 18.1 Å².